The molecule has 130 valence electrons. The number of aromatic amines is 1. The average molecular weight is 348 g/mol. The molecule has 6 heteroatoms. The van der Waals surface area contributed by atoms with E-state index in [0.717, 1.165) is 28.6 Å². The lowest BCUT2D eigenvalue weighted by Gasteiger charge is -2.28. The first-order chi connectivity index (χ1) is 11.3. The lowest BCUT2D eigenvalue weighted by Crippen LogP contribution is -2.41. The van der Waals surface area contributed by atoms with E-state index in [4.69, 9.17) is 0 Å². The molecule has 1 amide bonds. The average Bonchev–Trinajstić information content (AvgIpc) is 3.04. The molecular weight excluding hydrogens is 324 g/mol. The molecule has 2 heterocycles. The predicted molar refractivity (Wildman–Crippen MR) is 96.2 cm³/mol. The number of carbonyl (C=O) groups is 1. The third-order valence-electron chi connectivity index (χ3n) is 4.93. The Hall–Kier alpha value is -1.82. The molecule has 3 rings (SSSR count). The number of H-pyrrole nitrogens is 1. The van der Waals surface area contributed by atoms with Gasteiger partial charge in [-0.3, -0.25) is 4.79 Å². The number of benzene rings is 1. The number of carbonyl (C=O) groups excluding carboxylic acids is 1. The van der Waals surface area contributed by atoms with Gasteiger partial charge in [0.15, 0.2) is 9.84 Å². The SMILES string of the molecule is CCCN(C(=O)c1ccc2[nH]c(C)c(C)c2c1)C1CCS(=O)(=O)C1. The van der Waals surface area contributed by atoms with Crippen molar-refractivity contribution < 1.29 is 13.2 Å². The molecule has 1 saturated heterocycles. The van der Waals surface area contributed by atoms with E-state index < -0.39 is 9.84 Å². The van der Waals surface area contributed by atoms with Crippen molar-refractivity contribution in [2.75, 3.05) is 18.1 Å². The summed E-state index contributed by atoms with van der Waals surface area (Å²) in [6.07, 6.45) is 1.35. The molecule has 0 bridgehead atoms. The standard InChI is InChI=1S/C18H24N2O3S/c1-4-8-20(15-7-9-24(22,23)11-15)18(21)14-5-6-17-16(10-14)12(2)13(3)19-17/h5-6,10,15,19H,4,7-9,11H2,1-3H3. The van der Waals surface area contributed by atoms with Gasteiger partial charge in [-0.15, -0.1) is 0 Å². The maximum Gasteiger partial charge on any atom is 0.254 e. The third kappa shape index (κ3) is 3.07. The van der Waals surface area contributed by atoms with Gasteiger partial charge in [-0.05, 0) is 50.5 Å². The van der Waals surface area contributed by atoms with Crippen LogP contribution in [0.1, 0.15) is 41.4 Å². The van der Waals surface area contributed by atoms with E-state index in [-0.39, 0.29) is 23.5 Å². The van der Waals surface area contributed by atoms with Gasteiger partial charge in [0.1, 0.15) is 0 Å². The Morgan fingerprint density at radius 2 is 2.08 bits per heavy atom. The van der Waals surface area contributed by atoms with Crippen molar-refractivity contribution in [1.29, 1.82) is 0 Å². The van der Waals surface area contributed by atoms with Crippen LogP contribution < -0.4 is 0 Å². The first-order valence-electron chi connectivity index (χ1n) is 8.42. The summed E-state index contributed by atoms with van der Waals surface area (Å²) in [5, 5.41) is 1.05. The Labute approximate surface area is 143 Å². The van der Waals surface area contributed by atoms with Gasteiger partial charge in [-0.25, -0.2) is 8.42 Å². The zero-order chi connectivity index (χ0) is 17.5. The van der Waals surface area contributed by atoms with Gasteiger partial charge in [0.05, 0.1) is 11.5 Å². The van der Waals surface area contributed by atoms with Crippen LogP contribution in [0.4, 0.5) is 0 Å². The number of hydrogen-bond donors (Lipinski definition) is 1. The first kappa shape index (κ1) is 17.0. The van der Waals surface area contributed by atoms with Crippen molar-refractivity contribution in [1.82, 2.24) is 9.88 Å². The fraction of sp³-hybridized carbons (Fsp3) is 0.500. The van der Waals surface area contributed by atoms with Gasteiger partial charge in [0, 0.05) is 34.7 Å². The second-order valence-corrected chi connectivity index (χ2v) is 8.92. The Morgan fingerprint density at radius 3 is 2.71 bits per heavy atom. The van der Waals surface area contributed by atoms with E-state index in [1.165, 1.54) is 0 Å². The van der Waals surface area contributed by atoms with Crippen molar-refractivity contribution in [3.05, 3.63) is 35.0 Å². The van der Waals surface area contributed by atoms with E-state index in [1.807, 2.05) is 39.0 Å². The smallest absolute Gasteiger partial charge is 0.254 e. The summed E-state index contributed by atoms with van der Waals surface area (Å²) in [6.45, 7) is 6.65. The number of sulfone groups is 1. The number of nitrogens with one attached hydrogen (secondary N) is 1. The molecule has 2 aromatic rings. The van der Waals surface area contributed by atoms with E-state index >= 15 is 0 Å². The molecule has 1 fully saturated rings. The summed E-state index contributed by atoms with van der Waals surface area (Å²) in [5.41, 5.74) is 3.89. The third-order valence-corrected chi connectivity index (χ3v) is 6.68. The summed E-state index contributed by atoms with van der Waals surface area (Å²) >= 11 is 0. The molecule has 0 radical (unpaired) electrons. The molecule has 0 saturated carbocycles. The van der Waals surface area contributed by atoms with Crippen LogP contribution in [0.25, 0.3) is 10.9 Å². The van der Waals surface area contributed by atoms with Crippen LogP contribution in [-0.4, -0.2) is 48.3 Å². The molecule has 1 unspecified atom stereocenters. The first-order valence-corrected chi connectivity index (χ1v) is 10.2. The molecule has 1 aromatic carbocycles. The summed E-state index contributed by atoms with van der Waals surface area (Å²) in [6, 6.07) is 5.47. The summed E-state index contributed by atoms with van der Waals surface area (Å²) in [4.78, 5) is 18.1. The normalized spacial score (nSPS) is 19.7. The zero-order valence-electron chi connectivity index (χ0n) is 14.4. The van der Waals surface area contributed by atoms with E-state index in [1.54, 1.807) is 4.90 Å². The second kappa shape index (κ2) is 6.24. The van der Waals surface area contributed by atoms with Crippen molar-refractivity contribution in [2.24, 2.45) is 0 Å². The van der Waals surface area contributed by atoms with Crippen LogP contribution in [0.2, 0.25) is 0 Å². The molecule has 24 heavy (non-hydrogen) atoms. The van der Waals surface area contributed by atoms with Crippen LogP contribution in [-0.2, 0) is 9.84 Å². The Balaban J connectivity index is 1.94. The quantitative estimate of drug-likeness (QED) is 0.923. The monoisotopic (exact) mass is 348 g/mol. The summed E-state index contributed by atoms with van der Waals surface area (Å²) in [5.74, 6) is 0.197. The van der Waals surface area contributed by atoms with Crippen molar-refractivity contribution >= 4 is 26.6 Å². The second-order valence-electron chi connectivity index (χ2n) is 6.69. The number of amides is 1. The number of aryl methyl sites for hydroxylation is 2. The largest absolute Gasteiger partial charge is 0.358 e. The van der Waals surface area contributed by atoms with E-state index in [2.05, 4.69) is 4.98 Å². The Bertz CT molecular complexity index is 883. The fourth-order valence-electron chi connectivity index (χ4n) is 3.47. The van der Waals surface area contributed by atoms with Crippen LogP contribution in [0.3, 0.4) is 0 Å². The zero-order valence-corrected chi connectivity index (χ0v) is 15.2. The van der Waals surface area contributed by atoms with Crippen LogP contribution in [0.15, 0.2) is 18.2 Å². The highest BCUT2D eigenvalue weighted by molar-refractivity contribution is 7.91. The van der Waals surface area contributed by atoms with E-state index in [9.17, 15) is 13.2 Å². The topological polar surface area (TPSA) is 70.2 Å². The van der Waals surface area contributed by atoms with Gasteiger partial charge in [0.25, 0.3) is 5.91 Å². The Kier molecular flexibility index (Phi) is 4.42. The number of aromatic nitrogens is 1. The molecule has 1 N–H and O–H groups in total. The maximum atomic E-state index is 13.0. The molecule has 1 aromatic heterocycles. The number of rotatable bonds is 4. The van der Waals surface area contributed by atoms with Crippen LogP contribution in [0.5, 0.6) is 0 Å². The molecule has 0 aliphatic carbocycles. The Morgan fingerprint density at radius 1 is 1.33 bits per heavy atom. The van der Waals surface area contributed by atoms with Crippen LogP contribution in [0, 0.1) is 13.8 Å². The van der Waals surface area contributed by atoms with Crippen molar-refractivity contribution in [3.63, 3.8) is 0 Å². The molecule has 1 aliphatic rings. The van der Waals surface area contributed by atoms with Gasteiger partial charge in [0.2, 0.25) is 0 Å². The molecule has 1 atom stereocenters. The minimum Gasteiger partial charge on any atom is -0.358 e. The van der Waals surface area contributed by atoms with Crippen molar-refractivity contribution in [2.45, 2.75) is 39.7 Å². The van der Waals surface area contributed by atoms with Gasteiger partial charge in [-0.1, -0.05) is 6.92 Å². The van der Waals surface area contributed by atoms with Gasteiger partial charge >= 0.3 is 0 Å². The predicted octanol–water partition coefficient (Wildman–Crippen LogP) is 2.82. The maximum absolute atomic E-state index is 13.0. The number of nitrogens with zero attached hydrogens (tertiary/aromatic N) is 1. The van der Waals surface area contributed by atoms with Crippen molar-refractivity contribution in [3.8, 4) is 0 Å². The lowest BCUT2D eigenvalue weighted by molar-refractivity contribution is 0.0697. The molecule has 0 spiro atoms. The van der Waals surface area contributed by atoms with Gasteiger partial charge in [-0.2, -0.15) is 0 Å². The highest BCUT2D eigenvalue weighted by Crippen LogP contribution is 2.25. The fourth-order valence-corrected chi connectivity index (χ4v) is 5.20. The molecule has 5 nitrogen and oxygen atoms in total. The highest BCUT2D eigenvalue weighted by Gasteiger charge is 2.34. The molecule has 1 aliphatic heterocycles. The molecular formula is C18H24N2O3S. The summed E-state index contributed by atoms with van der Waals surface area (Å²) in [7, 11) is -3.01. The lowest BCUT2D eigenvalue weighted by atomic mass is 10.1. The van der Waals surface area contributed by atoms with Crippen LogP contribution >= 0.6 is 0 Å². The van der Waals surface area contributed by atoms with Gasteiger partial charge < -0.3 is 9.88 Å². The minimum absolute atomic E-state index is 0.0703. The highest BCUT2D eigenvalue weighted by atomic mass is 32.2. The number of fused-ring (bicyclic) bond motifs is 1. The van der Waals surface area contributed by atoms with E-state index in [0.29, 0.717) is 18.5 Å². The number of hydrogen-bond acceptors (Lipinski definition) is 3. The minimum atomic E-state index is -3.01. The summed E-state index contributed by atoms with van der Waals surface area (Å²) < 4.78 is 23.6.